The lowest BCUT2D eigenvalue weighted by Gasteiger charge is -2.19. The van der Waals surface area contributed by atoms with Crippen molar-refractivity contribution in [1.29, 1.82) is 0 Å². The highest BCUT2D eigenvalue weighted by Gasteiger charge is 2.18. The van der Waals surface area contributed by atoms with Gasteiger partial charge in [0.25, 0.3) is 0 Å². The van der Waals surface area contributed by atoms with E-state index in [4.69, 9.17) is 0 Å². The van der Waals surface area contributed by atoms with E-state index in [0.29, 0.717) is 6.42 Å². The molecular formula is C70H133NO3. The van der Waals surface area contributed by atoms with E-state index in [1.54, 1.807) is 6.08 Å². The van der Waals surface area contributed by atoms with E-state index >= 15 is 0 Å². The number of hydrogen-bond acceptors (Lipinski definition) is 3. The summed E-state index contributed by atoms with van der Waals surface area (Å²) >= 11 is 0. The zero-order chi connectivity index (χ0) is 53.4. The van der Waals surface area contributed by atoms with E-state index in [1.807, 2.05) is 6.08 Å². The van der Waals surface area contributed by atoms with Crippen molar-refractivity contribution in [2.24, 2.45) is 0 Å². The molecule has 0 fully saturated rings. The van der Waals surface area contributed by atoms with Crippen LogP contribution in [0.25, 0.3) is 0 Å². The molecule has 0 aliphatic rings. The fraction of sp³-hybridized carbons (Fsp3) is 0.871. The summed E-state index contributed by atoms with van der Waals surface area (Å²) < 4.78 is 0. The number of carbonyl (C=O) groups is 1. The van der Waals surface area contributed by atoms with Gasteiger partial charge in [-0.3, -0.25) is 4.79 Å². The smallest absolute Gasteiger partial charge is 0.220 e. The molecule has 4 heteroatoms. The summed E-state index contributed by atoms with van der Waals surface area (Å²) in [4.78, 5) is 12.5. The van der Waals surface area contributed by atoms with Crippen LogP contribution in [0.1, 0.15) is 373 Å². The second-order valence-corrected chi connectivity index (χ2v) is 23.2. The Morgan fingerprint density at radius 3 is 0.784 bits per heavy atom. The van der Waals surface area contributed by atoms with Crippen LogP contribution in [0.4, 0.5) is 0 Å². The molecule has 2 unspecified atom stereocenters. The summed E-state index contributed by atoms with van der Waals surface area (Å²) in [6.07, 6.45) is 92.0. The van der Waals surface area contributed by atoms with Gasteiger partial charge in [0, 0.05) is 6.42 Å². The summed E-state index contributed by atoms with van der Waals surface area (Å²) in [5.74, 6) is -0.0719. The Kier molecular flexibility index (Phi) is 64.2. The second-order valence-electron chi connectivity index (χ2n) is 23.2. The Bertz CT molecular complexity index is 1170. The molecule has 0 aromatic heterocycles. The third kappa shape index (κ3) is 61.2. The van der Waals surface area contributed by atoms with Gasteiger partial charge in [-0.25, -0.2) is 0 Å². The Morgan fingerprint density at radius 1 is 0.311 bits per heavy atom. The lowest BCUT2D eigenvalue weighted by Crippen LogP contribution is -2.45. The number of rotatable bonds is 63. The molecule has 0 radical (unpaired) electrons. The van der Waals surface area contributed by atoms with Crippen LogP contribution in [0.3, 0.4) is 0 Å². The molecule has 0 aliphatic carbocycles. The van der Waals surface area contributed by atoms with Crippen molar-refractivity contribution in [3.05, 3.63) is 48.6 Å². The Hall–Kier alpha value is -1.65. The number of allylic oxidation sites excluding steroid dienone is 7. The quantitative estimate of drug-likeness (QED) is 0.0420. The minimum absolute atomic E-state index is 0.0719. The summed E-state index contributed by atoms with van der Waals surface area (Å²) in [6, 6.07) is -0.647. The zero-order valence-corrected chi connectivity index (χ0v) is 50.4. The number of hydrogen-bond donors (Lipinski definition) is 3. The minimum atomic E-state index is -0.872. The maximum atomic E-state index is 12.5. The molecule has 1 amide bonds. The maximum Gasteiger partial charge on any atom is 0.220 e. The maximum absolute atomic E-state index is 12.5. The van der Waals surface area contributed by atoms with Gasteiger partial charge < -0.3 is 15.5 Å². The van der Waals surface area contributed by atoms with E-state index < -0.39 is 12.1 Å². The summed E-state index contributed by atoms with van der Waals surface area (Å²) in [7, 11) is 0. The van der Waals surface area contributed by atoms with Gasteiger partial charge in [0.2, 0.25) is 5.91 Å². The predicted octanol–water partition coefficient (Wildman–Crippen LogP) is 22.9. The predicted molar refractivity (Wildman–Crippen MR) is 331 cm³/mol. The molecule has 74 heavy (non-hydrogen) atoms. The average Bonchev–Trinajstić information content (AvgIpc) is 3.40. The SMILES string of the molecule is CCCCCCCCCC/C=C\CCCCCCCCCCCCCCCCCCCC(=O)NC(CO)C(O)/C=C/CC/C=C/CC/C=C/CCCCCCCCCCCCCCCCCCCCCCCCC. The lowest BCUT2D eigenvalue weighted by molar-refractivity contribution is -0.123. The van der Waals surface area contributed by atoms with Gasteiger partial charge in [-0.1, -0.05) is 345 Å². The van der Waals surface area contributed by atoms with Crippen LogP contribution in [0.15, 0.2) is 48.6 Å². The summed E-state index contributed by atoms with van der Waals surface area (Å²) in [6.45, 7) is 4.34. The molecule has 0 aromatic carbocycles. The van der Waals surface area contributed by atoms with Crippen molar-refractivity contribution in [3.8, 4) is 0 Å². The first-order valence-electron chi connectivity index (χ1n) is 33.9. The normalized spacial score (nSPS) is 13.0. The number of amides is 1. The third-order valence-corrected chi connectivity index (χ3v) is 15.8. The molecule has 2 atom stereocenters. The first-order chi connectivity index (χ1) is 36.7. The van der Waals surface area contributed by atoms with Gasteiger partial charge in [-0.2, -0.15) is 0 Å². The first-order valence-corrected chi connectivity index (χ1v) is 33.9. The minimum Gasteiger partial charge on any atom is -0.394 e. The van der Waals surface area contributed by atoms with Crippen molar-refractivity contribution < 1.29 is 15.0 Å². The highest BCUT2D eigenvalue weighted by Crippen LogP contribution is 2.18. The van der Waals surface area contributed by atoms with Gasteiger partial charge >= 0.3 is 0 Å². The highest BCUT2D eigenvalue weighted by molar-refractivity contribution is 5.76. The topological polar surface area (TPSA) is 69.6 Å². The molecule has 436 valence electrons. The van der Waals surface area contributed by atoms with Gasteiger partial charge in [0.1, 0.15) is 0 Å². The van der Waals surface area contributed by atoms with E-state index in [0.717, 1.165) is 38.5 Å². The van der Waals surface area contributed by atoms with Crippen LogP contribution in [0, 0.1) is 0 Å². The number of aliphatic hydroxyl groups excluding tert-OH is 2. The van der Waals surface area contributed by atoms with Crippen LogP contribution in [-0.2, 0) is 4.79 Å². The van der Waals surface area contributed by atoms with E-state index in [2.05, 4.69) is 55.6 Å². The number of carbonyl (C=O) groups excluding carboxylic acids is 1. The summed E-state index contributed by atoms with van der Waals surface area (Å²) in [5.41, 5.74) is 0. The Labute approximate surface area is 464 Å². The largest absolute Gasteiger partial charge is 0.394 e. The van der Waals surface area contributed by atoms with Crippen molar-refractivity contribution >= 4 is 5.91 Å². The molecule has 4 nitrogen and oxygen atoms in total. The first kappa shape index (κ1) is 72.3. The lowest BCUT2D eigenvalue weighted by atomic mass is 10.0. The van der Waals surface area contributed by atoms with Gasteiger partial charge in [0.05, 0.1) is 18.8 Å². The van der Waals surface area contributed by atoms with Crippen molar-refractivity contribution in [2.45, 2.75) is 386 Å². The van der Waals surface area contributed by atoms with Crippen LogP contribution < -0.4 is 5.32 Å². The standard InChI is InChI=1S/C70H133NO3/c1-3-5-7-9-11-13-15-17-19-21-23-25-27-29-31-33-34-35-36-38-39-41-43-45-47-49-51-53-55-57-59-61-63-65-69(73)68(67-72)71-70(74)66-64-62-60-58-56-54-52-50-48-46-44-42-40-37-32-30-28-26-24-22-20-18-16-14-12-10-8-6-4-2/h22,24,47,49,55,57,63,65,68-69,72-73H,3-21,23,25-46,48,50-54,56,58-62,64,66-67H2,1-2H3,(H,71,74)/b24-22-,49-47+,57-55+,65-63+. The summed E-state index contributed by atoms with van der Waals surface area (Å²) in [5, 5.41) is 23.2. The molecule has 0 aliphatic heterocycles. The number of nitrogens with one attached hydrogen (secondary N) is 1. The molecule has 0 saturated heterocycles. The van der Waals surface area contributed by atoms with E-state index in [9.17, 15) is 15.0 Å². The average molecular weight is 1040 g/mol. The van der Waals surface area contributed by atoms with Crippen LogP contribution in [-0.4, -0.2) is 34.9 Å². The number of aliphatic hydroxyl groups is 2. The Balaban J connectivity index is 3.49. The van der Waals surface area contributed by atoms with E-state index in [1.165, 1.54) is 315 Å². The molecule has 0 rings (SSSR count). The fourth-order valence-electron chi connectivity index (χ4n) is 10.6. The monoisotopic (exact) mass is 1040 g/mol. The van der Waals surface area contributed by atoms with Gasteiger partial charge in [0.15, 0.2) is 0 Å². The molecular weight excluding hydrogens is 903 g/mol. The van der Waals surface area contributed by atoms with E-state index in [-0.39, 0.29) is 12.5 Å². The molecule has 0 saturated carbocycles. The molecule has 0 spiro atoms. The van der Waals surface area contributed by atoms with Crippen LogP contribution in [0.5, 0.6) is 0 Å². The molecule has 0 bridgehead atoms. The molecule has 3 N–H and O–H groups in total. The third-order valence-electron chi connectivity index (χ3n) is 15.8. The molecule has 0 heterocycles. The molecule has 0 aromatic rings. The zero-order valence-electron chi connectivity index (χ0n) is 50.4. The number of unbranched alkanes of at least 4 members (excludes halogenated alkanes) is 50. The van der Waals surface area contributed by atoms with Crippen molar-refractivity contribution in [2.75, 3.05) is 6.61 Å². The second kappa shape index (κ2) is 65.6. The van der Waals surface area contributed by atoms with Gasteiger partial charge in [-0.05, 0) is 70.6 Å². The van der Waals surface area contributed by atoms with Crippen molar-refractivity contribution in [1.82, 2.24) is 5.32 Å². The van der Waals surface area contributed by atoms with Gasteiger partial charge in [-0.15, -0.1) is 0 Å². The fourth-order valence-corrected chi connectivity index (χ4v) is 10.6. The Morgan fingerprint density at radius 2 is 0.527 bits per heavy atom. The van der Waals surface area contributed by atoms with Crippen LogP contribution >= 0.6 is 0 Å². The van der Waals surface area contributed by atoms with Crippen molar-refractivity contribution in [3.63, 3.8) is 0 Å². The highest BCUT2D eigenvalue weighted by atomic mass is 16.3. The van der Waals surface area contributed by atoms with Crippen LogP contribution in [0.2, 0.25) is 0 Å².